The van der Waals surface area contributed by atoms with Crippen molar-refractivity contribution in [1.82, 2.24) is 0 Å². The fourth-order valence-corrected chi connectivity index (χ4v) is 3.69. The minimum atomic E-state index is -1.08. The summed E-state index contributed by atoms with van der Waals surface area (Å²) in [5, 5.41) is 10.2. The van der Waals surface area contributed by atoms with E-state index in [0.29, 0.717) is 18.4 Å². The first kappa shape index (κ1) is 17.4. The Balaban J connectivity index is 2.52. The zero-order chi connectivity index (χ0) is 14.4. The number of unbranched alkanes of at least 4 members (excludes halogenated alkanes) is 1. The summed E-state index contributed by atoms with van der Waals surface area (Å²) >= 11 is 6.44. The Morgan fingerprint density at radius 1 is 1.16 bits per heavy atom. The molecule has 0 unspecified atom stereocenters. The van der Waals surface area contributed by atoms with E-state index >= 15 is 0 Å². The first-order valence-corrected chi connectivity index (χ1v) is 8.67. The second-order valence-electron chi connectivity index (χ2n) is 3.71. The molecule has 1 aromatic carbocycles. The quantitative estimate of drug-likeness (QED) is 0.219. The molecule has 0 aliphatic carbocycles. The molecule has 0 radical (unpaired) electrons. The van der Waals surface area contributed by atoms with Gasteiger partial charge in [-0.15, -0.1) is 0 Å². The molecular weight excluding hydrogens is 589 g/mol. The van der Waals surface area contributed by atoms with Crippen molar-refractivity contribution < 1.29 is 19.4 Å². The standard InChI is InChI=1S/C12H11I3O4/c13-7-5-8(11(15)9(14)6-7)12(18)19-4-2-1-3-10(16)17/h5-6H,1-4H2,(H,16,17)/p-1. The normalized spacial score (nSPS) is 10.3. The highest BCUT2D eigenvalue weighted by molar-refractivity contribution is 14.1. The summed E-state index contributed by atoms with van der Waals surface area (Å²) in [5.74, 6) is -1.44. The first-order valence-electron chi connectivity index (χ1n) is 5.43. The zero-order valence-corrected chi connectivity index (χ0v) is 16.2. The molecule has 0 amide bonds. The fraction of sp³-hybridized carbons (Fsp3) is 0.333. The number of halogens is 3. The molecule has 0 heterocycles. The van der Waals surface area contributed by atoms with Gasteiger partial charge in [-0.2, -0.15) is 0 Å². The van der Waals surface area contributed by atoms with Crippen LogP contribution in [0, 0.1) is 10.7 Å². The number of hydrogen-bond acceptors (Lipinski definition) is 4. The summed E-state index contributed by atoms with van der Waals surface area (Å²) in [6.45, 7) is 0.226. The topological polar surface area (TPSA) is 66.4 Å². The summed E-state index contributed by atoms with van der Waals surface area (Å²) in [4.78, 5) is 22.1. The average Bonchev–Trinajstić information content (AvgIpc) is 2.32. The number of aliphatic carboxylic acids is 1. The maximum atomic E-state index is 11.9. The zero-order valence-electron chi connectivity index (χ0n) is 9.75. The number of esters is 1. The molecule has 7 heteroatoms. The maximum Gasteiger partial charge on any atom is 0.339 e. The fourth-order valence-electron chi connectivity index (χ4n) is 1.32. The van der Waals surface area contributed by atoms with E-state index in [9.17, 15) is 14.7 Å². The predicted octanol–water partition coefficient (Wildman–Crippen LogP) is 2.58. The van der Waals surface area contributed by atoms with E-state index in [1.807, 2.05) is 6.07 Å². The van der Waals surface area contributed by atoms with Crippen molar-refractivity contribution >= 4 is 79.7 Å². The van der Waals surface area contributed by atoms with Crippen LogP contribution in [0.3, 0.4) is 0 Å². The van der Waals surface area contributed by atoms with Gasteiger partial charge < -0.3 is 14.6 Å². The van der Waals surface area contributed by atoms with Crippen LogP contribution < -0.4 is 5.11 Å². The Kier molecular flexibility index (Phi) is 7.87. The van der Waals surface area contributed by atoms with Gasteiger partial charge in [-0.1, -0.05) is 0 Å². The van der Waals surface area contributed by atoms with Gasteiger partial charge in [0, 0.05) is 16.7 Å². The predicted molar refractivity (Wildman–Crippen MR) is 93.7 cm³/mol. The summed E-state index contributed by atoms with van der Waals surface area (Å²) in [5.41, 5.74) is 0.553. The molecule has 0 saturated carbocycles. The Hall–Kier alpha value is 0.350. The number of rotatable bonds is 6. The van der Waals surface area contributed by atoms with Gasteiger partial charge >= 0.3 is 5.97 Å². The smallest absolute Gasteiger partial charge is 0.339 e. The van der Waals surface area contributed by atoms with Crippen molar-refractivity contribution in [1.29, 1.82) is 0 Å². The third kappa shape index (κ3) is 6.10. The molecule has 0 bridgehead atoms. The Morgan fingerprint density at radius 2 is 1.84 bits per heavy atom. The molecule has 1 rings (SSSR count). The number of carbonyl (C=O) groups excluding carboxylic acids is 2. The molecule has 0 atom stereocenters. The number of carboxylic acid groups (broad SMARTS) is 1. The highest BCUT2D eigenvalue weighted by Gasteiger charge is 2.14. The molecule has 0 N–H and O–H groups in total. The van der Waals surface area contributed by atoms with Crippen molar-refractivity contribution in [3.63, 3.8) is 0 Å². The molecular formula is C12H10I3O4-. The minimum absolute atomic E-state index is 0.00375. The van der Waals surface area contributed by atoms with Crippen LogP contribution in [-0.2, 0) is 9.53 Å². The molecule has 4 nitrogen and oxygen atoms in total. The minimum Gasteiger partial charge on any atom is -0.550 e. The lowest BCUT2D eigenvalue weighted by Gasteiger charge is -2.08. The van der Waals surface area contributed by atoms with E-state index in [1.165, 1.54) is 0 Å². The van der Waals surface area contributed by atoms with Crippen molar-refractivity contribution in [3.8, 4) is 0 Å². The van der Waals surface area contributed by atoms with Crippen LogP contribution in [0.5, 0.6) is 0 Å². The number of benzene rings is 1. The van der Waals surface area contributed by atoms with Crippen LogP contribution in [0.1, 0.15) is 29.6 Å². The van der Waals surface area contributed by atoms with Crippen LogP contribution >= 0.6 is 67.8 Å². The maximum absolute atomic E-state index is 11.9. The lowest BCUT2D eigenvalue weighted by atomic mass is 10.2. The van der Waals surface area contributed by atoms with Crippen LogP contribution in [0.25, 0.3) is 0 Å². The lowest BCUT2D eigenvalue weighted by Crippen LogP contribution is -2.21. The van der Waals surface area contributed by atoms with Gasteiger partial charge in [-0.3, -0.25) is 0 Å². The number of carbonyl (C=O) groups is 2. The van der Waals surface area contributed by atoms with E-state index in [1.54, 1.807) is 6.07 Å². The SMILES string of the molecule is O=C([O-])CCCCOC(=O)c1cc(I)cc(I)c1I. The Bertz CT molecular complexity index is 488. The van der Waals surface area contributed by atoms with E-state index in [-0.39, 0.29) is 19.0 Å². The van der Waals surface area contributed by atoms with Gasteiger partial charge in [0.1, 0.15) is 0 Å². The molecule has 0 saturated heterocycles. The third-order valence-electron chi connectivity index (χ3n) is 2.22. The second-order valence-corrected chi connectivity index (χ2v) is 7.20. The number of carboxylic acids is 1. The van der Waals surface area contributed by atoms with E-state index in [2.05, 4.69) is 67.8 Å². The number of hydrogen-bond donors (Lipinski definition) is 0. The molecule has 0 aromatic heterocycles. The van der Waals surface area contributed by atoms with Crippen LogP contribution in [-0.4, -0.2) is 18.5 Å². The summed E-state index contributed by atoms with van der Waals surface area (Å²) in [6, 6.07) is 3.77. The van der Waals surface area contributed by atoms with Crippen LogP contribution in [0.4, 0.5) is 0 Å². The summed E-state index contributed by atoms with van der Waals surface area (Å²) < 4.78 is 8.00. The van der Waals surface area contributed by atoms with Crippen LogP contribution in [0.15, 0.2) is 12.1 Å². The van der Waals surface area contributed by atoms with Crippen molar-refractivity contribution in [2.75, 3.05) is 6.61 Å². The molecule has 0 aliphatic heterocycles. The highest BCUT2D eigenvalue weighted by Crippen LogP contribution is 2.23. The first-order chi connectivity index (χ1) is 8.91. The summed E-state index contributed by atoms with van der Waals surface area (Å²) in [6.07, 6.45) is 0.976. The molecule has 0 spiro atoms. The van der Waals surface area contributed by atoms with Crippen molar-refractivity contribution in [2.24, 2.45) is 0 Å². The molecule has 1 aromatic rings. The van der Waals surface area contributed by atoms with E-state index in [4.69, 9.17) is 4.74 Å². The monoisotopic (exact) mass is 599 g/mol. The Labute approximate surface area is 152 Å². The lowest BCUT2D eigenvalue weighted by molar-refractivity contribution is -0.305. The molecule has 19 heavy (non-hydrogen) atoms. The Morgan fingerprint density at radius 3 is 2.47 bits per heavy atom. The molecule has 0 fully saturated rings. The van der Waals surface area contributed by atoms with Crippen molar-refractivity contribution in [3.05, 3.63) is 28.4 Å². The molecule has 104 valence electrons. The van der Waals surface area contributed by atoms with Gasteiger partial charge in [0.2, 0.25) is 0 Å². The van der Waals surface area contributed by atoms with Gasteiger partial charge in [-0.05, 0) is 99.2 Å². The van der Waals surface area contributed by atoms with E-state index in [0.717, 1.165) is 10.7 Å². The van der Waals surface area contributed by atoms with Crippen LogP contribution in [0.2, 0.25) is 0 Å². The highest BCUT2D eigenvalue weighted by atomic mass is 127. The van der Waals surface area contributed by atoms with Gasteiger partial charge in [0.05, 0.1) is 12.2 Å². The van der Waals surface area contributed by atoms with Gasteiger partial charge in [-0.25, -0.2) is 4.79 Å². The molecule has 0 aliphatic rings. The largest absolute Gasteiger partial charge is 0.550 e. The van der Waals surface area contributed by atoms with Crippen molar-refractivity contribution in [2.45, 2.75) is 19.3 Å². The second kappa shape index (κ2) is 8.60. The van der Waals surface area contributed by atoms with Gasteiger partial charge in [0.25, 0.3) is 0 Å². The van der Waals surface area contributed by atoms with E-state index < -0.39 is 5.97 Å². The summed E-state index contributed by atoms with van der Waals surface area (Å²) in [7, 11) is 0. The van der Waals surface area contributed by atoms with Gasteiger partial charge in [0.15, 0.2) is 0 Å². The number of ether oxygens (including phenoxy) is 1. The average molecular weight is 599 g/mol. The third-order valence-corrected chi connectivity index (χ3v) is 5.89.